The van der Waals surface area contributed by atoms with Crippen LogP contribution in [0.4, 0.5) is 4.79 Å². The van der Waals surface area contributed by atoms with E-state index in [0.717, 1.165) is 38.9 Å². The van der Waals surface area contributed by atoms with Gasteiger partial charge in [-0.05, 0) is 59.5 Å². The van der Waals surface area contributed by atoms with E-state index in [0.29, 0.717) is 6.04 Å². The van der Waals surface area contributed by atoms with Gasteiger partial charge in [0, 0.05) is 12.6 Å². The van der Waals surface area contributed by atoms with E-state index in [9.17, 15) is 4.79 Å². The van der Waals surface area contributed by atoms with Gasteiger partial charge in [0.25, 0.3) is 0 Å². The molecule has 1 atom stereocenters. The number of likely N-dealkylation sites (tertiary alicyclic amines) is 1. The summed E-state index contributed by atoms with van der Waals surface area (Å²) in [5.41, 5.74) is -0.402. The van der Waals surface area contributed by atoms with E-state index >= 15 is 0 Å². The van der Waals surface area contributed by atoms with Crippen molar-refractivity contribution in [3.63, 3.8) is 0 Å². The van der Waals surface area contributed by atoms with Gasteiger partial charge < -0.3 is 15.0 Å². The van der Waals surface area contributed by atoms with Crippen LogP contribution in [-0.4, -0.2) is 42.3 Å². The Kier molecular flexibility index (Phi) is 8.84. The molecule has 1 N–H and O–H groups in total. The summed E-state index contributed by atoms with van der Waals surface area (Å²) in [7, 11) is 0. The lowest BCUT2D eigenvalue weighted by Gasteiger charge is -2.28. The standard InChI is InChI=1S/C18H36N2O2/c1-5-6-7-8-9-13-19-14-12-16-11-10-15-20(16)17(21)22-18(2,3)4/h16,19H,5-15H2,1-4H3. The number of carbonyl (C=O) groups is 1. The molecular weight excluding hydrogens is 276 g/mol. The Morgan fingerprint density at radius 3 is 2.59 bits per heavy atom. The van der Waals surface area contributed by atoms with Gasteiger partial charge in [0.15, 0.2) is 0 Å². The van der Waals surface area contributed by atoms with Crippen LogP contribution in [-0.2, 0) is 4.74 Å². The molecule has 0 aliphatic carbocycles. The molecule has 1 fully saturated rings. The Morgan fingerprint density at radius 1 is 1.18 bits per heavy atom. The van der Waals surface area contributed by atoms with Gasteiger partial charge in [0.2, 0.25) is 0 Å². The second kappa shape index (κ2) is 10.1. The summed E-state index contributed by atoms with van der Waals surface area (Å²) in [6.45, 7) is 11.0. The fraction of sp³-hybridized carbons (Fsp3) is 0.944. The maximum atomic E-state index is 12.2. The van der Waals surface area contributed by atoms with Gasteiger partial charge in [-0.25, -0.2) is 4.79 Å². The Balaban J connectivity index is 2.15. The number of ether oxygens (including phenoxy) is 1. The third kappa shape index (κ3) is 8.02. The van der Waals surface area contributed by atoms with Crippen molar-refractivity contribution in [3.8, 4) is 0 Å². The first-order valence-electron chi connectivity index (χ1n) is 9.14. The molecule has 1 aliphatic rings. The number of carbonyl (C=O) groups excluding carboxylic acids is 1. The molecule has 1 unspecified atom stereocenters. The minimum absolute atomic E-state index is 0.144. The smallest absolute Gasteiger partial charge is 0.410 e. The Labute approximate surface area is 137 Å². The van der Waals surface area contributed by atoms with Gasteiger partial charge in [0.1, 0.15) is 5.60 Å². The van der Waals surface area contributed by atoms with Gasteiger partial charge in [0.05, 0.1) is 0 Å². The Hall–Kier alpha value is -0.770. The third-order valence-corrected chi connectivity index (χ3v) is 4.12. The number of hydrogen-bond acceptors (Lipinski definition) is 3. The first-order chi connectivity index (χ1) is 10.4. The third-order valence-electron chi connectivity index (χ3n) is 4.12. The van der Waals surface area contributed by atoms with Crippen LogP contribution in [0.2, 0.25) is 0 Å². The molecule has 0 radical (unpaired) electrons. The molecule has 130 valence electrons. The fourth-order valence-electron chi connectivity index (χ4n) is 2.94. The Morgan fingerprint density at radius 2 is 1.91 bits per heavy atom. The summed E-state index contributed by atoms with van der Waals surface area (Å²) in [5.74, 6) is 0. The van der Waals surface area contributed by atoms with Crippen LogP contribution in [0.25, 0.3) is 0 Å². The Bertz CT molecular complexity index is 313. The van der Waals surface area contributed by atoms with Gasteiger partial charge >= 0.3 is 6.09 Å². The van der Waals surface area contributed by atoms with Crippen LogP contribution in [0.1, 0.15) is 79.1 Å². The molecule has 1 rings (SSSR count). The summed E-state index contributed by atoms with van der Waals surface area (Å²) >= 11 is 0. The van der Waals surface area contributed by atoms with Crippen molar-refractivity contribution in [2.75, 3.05) is 19.6 Å². The number of nitrogens with zero attached hydrogens (tertiary/aromatic N) is 1. The molecule has 0 spiro atoms. The summed E-state index contributed by atoms with van der Waals surface area (Å²) in [4.78, 5) is 14.1. The minimum atomic E-state index is -0.402. The second-order valence-corrected chi connectivity index (χ2v) is 7.42. The van der Waals surface area contributed by atoms with Gasteiger partial charge in [-0.1, -0.05) is 32.6 Å². The molecule has 0 saturated carbocycles. The highest BCUT2D eigenvalue weighted by Crippen LogP contribution is 2.22. The molecule has 0 bridgehead atoms. The predicted octanol–water partition coefficient (Wildman–Crippen LogP) is 4.34. The largest absolute Gasteiger partial charge is 0.444 e. The number of nitrogens with one attached hydrogen (secondary N) is 1. The molecule has 4 nitrogen and oxygen atoms in total. The molecule has 1 aliphatic heterocycles. The predicted molar refractivity (Wildman–Crippen MR) is 92.2 cm³/mol. The lowest BCUT2D eigenvalue weighted by Crippen LogP contribution is -2.40. The highest BCUT2D eigenvalue weighted by molar-refractivity contribution is 5.68. The first-order valence-corrected chi connectivity index (χ1v) is 9.14. The van der Waals surface area contributed by atoms with E-state index < -0.39 is 5.60 Å². The van der Waals surface area contributed by atoms with Crippen LogP contribution in [0.15, 0.2) is 0 Å². The number of hydrogen-bond donors (Lipinski definition) is 1. The van der Waals surface area contributed by atoms with Crippen LogP contribution in [0.5, 0.6) is 0 Å². The first kappa shape index (κ1) is 19.3. The van der Waals surface area contributed by atoms with E-state index in [2.05, 4.69) is 12.2 Å². The van der Waals surface area contributed by atoms with Crippen LogP contribution >= 0.6 is 0 Å². The molecular formula is C18H36N2O2. The average Bonchev–Trinajstić information content (AvgIpc) is 2.88. The summed E-state index contributed by atoms with van der Waals surface area (Å²) in [5, 5.41) is 3.52. The maximum Gasteiger partial charge on any atom is 0.410 e. The quantitative estimate of drug-likeness (QED) is 0.644. The molecule has 1 amide bonds. The van der Waals surface area contributed by atoms with E-state index in [4.69, 9.17) is 4.74 Å². The van der Waals surface area contributed by atoms with Crippen LogP contribution < -0.4 is 5.32 Å². The highest BCUT2D eigenvalue weighted by Gasteiger charge is 2.31. The zero-order chi connectivity index (χ0) is 16.4. The van der Waals surface area contributed by atoms with E-state index in [1.165, 1.54) is 32.1 Å². The normalized spacial score (nSPS) is 18.7. The van der Waals surface area contributed by atoms with Gasteiger partial charge in [-0.2, -0.15) is 0 Å². The molecule has 1 heterocycles. The molecule has 1 saturated heterocycles. The fourth-order valence-corrected chi connectivity index (χ4v) is 2.94. The molecule has 0 aromatic carbocycles. The van der Waals surface area contributed by atoms with Crippen molar-refractivity contribution in [2.24, 2.45) is 0 Å². The molecule has 0 aromatic heterocycles. The van der Waals surface area contributed by atoms with E-state index in [1.807, 2.05) is 25.7 Å². The summed E-state index contributed by atoms with van der Waals surface area (Å²) in [6.07, 6.45) is 9.70. The van der Waals surface area contributed by atoms with Crippen molar-refractivity contribution >= 4 is 6.09 Å². The zero-order valence-corrected chi connectivity index (χ0v) is 15.1. The van der Waals surface area contributed by atoms with Gasteiger partial charge in [-0.15, -0.1) is 0 Å². The minimum Gasteiger partial charge on any atom is -0.444 e. The highest BCUT2D eigenvalue weighted by atomic mass is 16.6. The summed E-state index contributed by atoms with van der Waals surface area (Å²) in [6, 6.07) is 0.349. The number of unbranched alkanes of at least 4 members (excludes halogenated alkanes) is 4. The zero-order valence-electron chi connectivity index (χ0n) is 15.1. The molecule has 4 heteroatoms. The maximum absolute atomic E-state index is 12.2. The second-order valence-electron chi connectivity index (χ2n) is 7.42. The van der Waals surface area contributed by atoms with Gasteiger partial charge in [-0.3, -0.25) is 0 Å². The topological polar surface area (TPSA) is 41.6 Å². The van der Waals surface area contributed by atoms with Crippen LogP contribution in [0.3, 0.4) is 0 Å². The van der Waals surface area contributed by atoms with Crippen molar-refractivity contribution in [1.29, 1.82) is 0 Å². The van der Waals surface area contributed by atoms with Crippen molar-refractivity contribution in [1.82, 2.24) is 10.2 Å². The molecule has 22 heavy (non-hydrogen) atoms. The summed E-state index contributed by atoms with van der Waals surface area (Å²) < 4.78 is 5.50. The van der Waals surface area contributed by atoms with Crippen molar-refractivity contribution in [2.45, 2.75) is 90.7 Å². The lowest BCUT2D eigenvalue weighted by atomic mass is 10.1. The average molecular weight is 312 g/mol. The lowest BCUT2D eigenvalue weighted by molar-refractivity contribution is 0.0221. The van der Waals surface area contributed by atoms with E-state index in [-0.39, 0.29) is 6.09 Å². The molecule has 0 aromatic rings. The van der Waals surface area contributed by atoms with E-state index in [1.54, 1.807) is 0 Å². The van der Waals surface area contributed by atoms with Crippen LogP contribution in [0, 0.1) is 0 Å². The monoisotopic (exact) mass is 312 g/mol. The van der Waals surface area contributed by atoms with Crippen molar-refractivity contribution in [3.05, 3.63) is 0 Å². The number of amides is 1. The number of rotatable bonds is 9. The SMILES string of the molecule is CCCCCCCNCCC1CCCN1C(=O)OC(C)(C)C. The van der Waals surface area contributed by atoms with Crippen molar-refractivity contribution < 1.29 is 9.53 Å².